The Bertz CT molecular complexity index is 1380. The van der Waals surface area contributed by atoms with Crippen LogP contribution in [-0.4, -0.2) is 35.6 Å². The summed E-state index contributed by atoms with van der Waals surface area (Å²) < 4.78 is 3.91. The molecule has 7 nitrogen and oxygen atoms in total. The molecule has 2 aromatic heterocycles. The summed E-state index contributed by atoms with van der Waals surface area (Å²) in [6, 6.07) is 10.4. The molecular weight excluding hydrogens is 450 g/mol. The lowest BCUT2D eigenvalue weighted by molar-refractivity contribution is -0.137. The second kappa shape index (κ2) is 10.2. The van der Waals surface area contributed by atoms with Crippen LogP contribution >= 0.6 is 0 Å². The maximum atomic E-state index is 11.9. The summed E-state index contributed by atoms with van der Waals surface area (Å²) in [5, 5.41) is 18.2. The van der Waals surface area contributed by atoms with E-state index in [0.717, 1.165) is 46.6 Å². The fraction of sp³-hybridized carbons (Fsp3) is 0.448. The Labute approximate surface area is 212 Å². The van der Waals surface area contributed by atoms with E-state index in [1.165, 1.54) is 48.9 Å². The fourth-order valence-corrected chi connectivity index (χ4v) is 5.77. The first-order valence-electron chi connectivity index (χ1n) is 13.0. The largest absolute Gasteiger partial charge is 0.481 e. The molecule has 1 atom stereocenters. The lowest BCUT2D eigenvalue weighted by Gasteiger charge is -2.20. The number of aromatic nitrogens is 5. The average molecular weight is 486 g/mol. The summed E-state index contributed by atoms with van der Waals surface area (Å²) in [6.07, 6.45) is 11.9. The highest BCUT2D eigenvalue weighted by Gasteiger charge is 2.23. The molecule has 1 fully saturated rings. The first kappa shape index (κ1) is 24.2. The molecule has 2 heterocycles. The number of hydrogen-bond donors (Lipinski definition) is 1. The van der Waals surface area contributed by atoms with Crippen molar-refractivity contribution in [1.82, 2.24) is 24.5 Å². The number of nitrogens with zero attached hydrogens (tertiary/aromatic N) is 5. The molecule has 0 aliphatic heterocycles. The second-order valence-electron chi connectivity index (χ2n) is 10.4. The van der Waals surface area contributed by atoms with Gasteiger partial charge in [-0.3, -0.25) is 4.79 Å². The van der Waals surface area contributed by atoms with Gasteiger partial charge in [-0.05, 0) is 60.1 Å². The molecule has 4 aromatic rings. The number of imidazole rings is 1. The molecular formula is C29H35N5O2. The molecule has 0 radical (unpaired) electrons. The molecule has 1 N–H and O–H groups in total. The van der Waals surface area contributed by atoms with E-state index >= 15 is 0 Å². The molecule has 0 saturated heterocycles. The molecule has 0 spiro atoms. The van der Waals surface area contributed by atoms with Crippen molar-refractivity contribution in [3.05, 3.63) is 76.4 Å². The summed E-state index contributed by atoms with van der Waals surface area (Å²) in [5.41, 5.74) is 8.28. The first-order valence-corrected chi connectivity index (χ1v) is 13.0. The zero-order valence-electron chi connectivity index (χ0n) is 21.4. The van der Waals surface area contributed by atoms with Crippen LogP contribution < -0.4 is 0 Å². The molecule has 0 amide bonds. The van der Waals surface area contributed by atoms with Crippen LogP contribution in [0.2, 0.25) is 0 Å². The third-order valence-corrected chi connectivity index (χ3v) is 7.87. The lowest BCUT2D eigenvalue weighted by atomic mass is 9.84. The van der Waals surface area contributed by atoms with E-state index in [-0.39, 0.29) is 12.3 Å². The Morgan fingerprint density at radius 1 is 1.14 bits per heavy atom. The summed E-state index contributed by atoms with van der Waals surface area (Å²) in [4.78, 5) is 16.6. The highest BCUT2D eigenvalue weighted by molar-refractivity contribution is 5.80. The van der Waals surface area contributed by atoms with Crippen LogP contribution in [-0.2, 0) is 24.8 Å². The number of aryl methyl sites for hydroxylation is 3. The third kappa shape index (κ3) is 5.06. The van der Waals surface area contributed by atoms with Crippen molar-refractivity contribution in [3.8, 4) is 0 Å². The fourth-order valence-electron chi connectivity index (χ4n) is 5.77. The van der Waals surface area contributed by atoms with Gasteiger partial charge in [0, 0.05) is 25.7 Å². The Morgan fingerprint density at radius 2 is 1.94 bits per heavy atom. The Kier molecular flexibility index (Phi) is 6.90. The standard InChI is InChI=1S/C29H35N5O2/c1-19-9-10-22(14-23(19)16-34-17-24(30-18-34)13-21-7-5-4-6-8-21)26(15-28(35)36)25-11-12-27-29(20(25)2)31-32-33(27)3/h9-12,14,17-18,21,26H,4-8,13,15-16H2,1-3H3,(H,35,36). The van der Waals surface area contributed by atoms with E-state index in [1.807, 2.05) is 32.4 Å². The molecule has 1 unspecified atom stereocenters. The van der Waals surface area contributed by atoms with E-state index in [2.05, 4.69) is 46.2 Å². The van der Waals surface area contributed by atoms with Crippen LogP contribution in [0.4, 0.5) is 0 Å². The highest BCUT2D eigenvalue weighted by atomic mass is 16.4. The molecule has 1 saturated carbocycles. The van der Waals surface area contributed by atoms with Crippen molar-refractivity contribution in [2.45, 2.75) is 71.3 Å². The summed E-state index contributed by atoms with van der Waals surface area (Å²) in [7, 11) is 1.87. The second-order valence-corrected chi connectivity index (χ2v) is 10.4. The van der Waals surface area contributed by atoms with Gasteiger partial charge in [0.15, 0.2) is 0 Å². The minimum Gasteiger partial charge on any atom is -0.481 e. The van der Waals surface area contributed by atoms with Gasteiger partial charge in [-0.1, -0.05) is 61.6 Å². The smallest absolute Gasteiger partial charge is 0.304 e. The van der Waals surface area contributed by atoms with Gasteiger partial charge < -0.3 is 9.67 Å². The lowest BCUT2D eigenvalue weighted by Crippen LogP contribution is -2.11. The predicted octanol–water partition coefficient (Wildman–Crippen LogP) is 5.56. The monoisotopic (exact) mass is 485 g/mol. The number of rotatable bonds is 8. The van der Waals surface area contributed by atoms with Crippen molar-refractivity contribution in [1.29, 1.82) is 0 Å². The topological polar surface area (TPSA) is 85.8 Å². The number of hydrogen-bond acceptors (Lipinski definition) is 4. The van der Waals surface area contributed by atoms with Gasteiger partial charge in [0.2, 0.25) is 0 Å². The van der Waals surface area contributed by atoms with Crippen molar-refractivity contribution >= 4 is 17.0 Å². The summed E-state index contributed by atoms with van der Waals surface area (Å²) in [6.45, 7) is 4.84. The van der Waals surface area contributed by atoms with E-state index in [1.54, 1.807) is 4.68 Å². The van der Waals surface area contributed by atoms with Crippen LogP contribution in [0.5, 0.6) is 0 Å². The van der Waals surface area contributed by atoms with Gasteiger partial charge >= 0.3 is 5.97 Å². The Morgan fingerprint density at radius 3 is 2.72 bits per heavy atom. The van der Waals surface area contributed by atoms with E-state index < -0.39 is 5.97 Å². The Hall–Kier alpha value is -3.48. The van der Waals surface area contributed by atoms with Gasteiger partial charge in [0.25, 0.3) is 0 Å². The van der Waals surface area contributed by atoms with Gasteiger partial charge in [0.05, 0.1) is 24.0 Å². The predicted molar refractivity (Wildman–Crippen MR) is 140 cm³/mol. The van der Waals surface area contributed by atoms with Crippen molar-refractivity contribution in [2.24, 2.45) is 13.0 Å². The minimum atomic E-state index is -0.817. The van der Waals surface area contributed by atoms with Gasteiger partial charge in [-0.25, -0.2) is 9.67 Å². The van der Waals surface area contributed by atoms with E-state index in [9.17, 15) is 9.90 Å². The number of carboxylic acids is 1. The maximum absolute atomic E-state index is 11.9. The van der Waals surface area contributed by atoms with Gasteiger partial charge in [0.1, 0.15) is 5.52 Å². The summed E-state index contributed by atoms with van der Waals surface area (Å²) in [5.74, 6) is -0.320. The number of carbonyl (C=O) groups is 1. The number of benzene rings is 2. The zero-order chi connectivity index (χ0) is 25.2. The molecule has 1 aliphatic carbocycles. The quantitative estimate of drug-likeness (QED) is 0.353. The van der Waals surface area contributed by atoms with Crippen LogP contribution in [0.1, 0.15) is 78.0 Å². The van der Waals surface area contributed by atoms with Gasteiger partial charge in [-0.15, -0.1) is 5.10 Å². The van der Waals surface area contributed by atoms with Crippen molar-refractivity contribution in [3.63, 3.8) is 0 Å². The number of carboxylic acid groups (broad SMARTS) is 1. The molecule has 188 valence electrons. The summed E-state index contributed by atoms with van der Waals surface area (Å²) >= 11 is 0. The van der Waals surface area contributed by atoms with E-state index in [4.69, 9.17) is 4.98 Å². The zero-order valence-corrected chi connectivity index (χ0v) is 21.4. The normalized spacial score (nSPS) is 15.4. The molecule has 36 heavy (non-hydrogen) atoms. The minimum absolute atomic E-state index is 0.0196. The third-order valence-electron chi connectivity index (χ3n) is 7.87. The van der Waals surface area contributed by atoms with E-state index in [0.29, 0.717) is 0 Å². The molecule has 2 aromatic carbocycles. The van der Waals surface area contributed by atoms with Gasteiger partial charge in [-0.2, -0.15) is 0 Å². The average Bonchev–Trinajstić information content (AvgIpc) is 3.46. The Balaban J connectivity index is 1.42. The molecule has 5 rings (SSSR count). The van der Waals surface area contributed by atoms with Crippen LogP contribution in [0.3, 0.4) is 0 Å². The van der Waals surface area contributed by atoms with Crippen molar-refractivity contribution < 1.29 is 9.90 Å². The van der Waals surface area contributed by atoms with Crippen LogP contribution in [0.15, 0.2) is 42.9 Å². The SMILES string of the molecule is Cc1ccc(C(CC(=O)O)c2ccc3c(nnn3C)c2C)cc1Cn1cnc(CC2CCCCC2)c1. The number of aliphatic carboxylic acids is 1. The molecule has 0 bridgehead atoms. The highest BCUT2D eigenvalue weighted by Crippen LogP contribution is 2.34. The molecule has 1 aliphatic rings. The maximum Gasteiger partial charge on any atom is 0.304 e. The van der Waals surface area contributed by atoms with Crippen LogP contribution in [0.25, 0.3) is 11.0 Å². The van der Waals surface area contributed by atoms with Crippen LogP contribution in [0, 0.1) is 19.8 Å². The molecule has 7 heteroatoms. The first-order chi connectivity index (χ1) is 17.4. The van der Waals surface area contributed by atoms with Crippen molar-refractivity contribution in [2.75, 3.05) is 0 Å². The number of fused-ring (bicyclic) bond motifs is 1.